The maximum absolute atomic E-state index is 11.6. The minimum Gasteiger partial charge on any atom is -0.383 e. The van der Waals surface area contributed by atoms with E-state index in [1.54, 1.807) is 19.3 Å². The number of hydrogen-bond donors (Lipinski definition) is 2. The second-order valence-electron chi connectivity index (χ2n) is 3.18. The zero-order valence-electron chi connectivity index (χ0n) is 9.77. The standard InChI is InChI=1S/C11H16N4O2/c1-3-5-12-10(16)9-4-6-13-11(15-9)14-7-8-17-2/h3-4,6H,1,5,7-8H2,2H3,(H,12,16)(H,13,14,15). The lowest BCUT2D eigenvalue weighted by molar-refractivity contribution is 0.0953. The van der Waals surface area contributed by atoms with Gasteiger partial charge in [0.2, 0.25) is 5.95 Å². The third-order valence-electron chi connectivity index (χ3n) is 1.88. The molecule has 1 rings (SSSR count). The van der Waals surface area contributed by atoms with E-state index in [4.69, 9.17) is 4.74 Å². The van der Waals surface area contributed by atoms with Crippen molar-refractivity contribution in [2.75, 3.05) is 32.1 Å². The van der Waals surface area contributed by atoms with Crippen molar-refractivity contribution in [3.8, 4) is 0 Å². The van der Waals surface area contributed by atoms with Crippen LogP contribution in [0, 0.1) is 0 Å². The molecule has 1 aromatic rings. The average molecular weight is 236 g/mol. The van der Waals surface area contributed by atoms with Crippen LogP contribution in [0.25, 0.3) is 0 Å². The van der Waals surface area contributed by atoms with Crippen LogP contribution in [0.2, 0.25) is 0 Å². The van der Waals surface area contributed by atoms with Gasteiger partial charge < -0.3 is 15.4 Å². The summed E-state index contributed by atoms with van der Waals surface area (Å²) in [5.41, 5.74) is 0.321. The number of amides is 1. The lowest BCUT2D eigenvalue weighted by Crippen LogP contribution is -2.24. The fourth-order valence-electron chi connectivity index (χ4n) is 1.09. The van der Waals surface area contributed by atoms with Gasteiger partial charge in [0.25, 0.3) is 5.91 Å². The number of anilines is 1. The van der Waals surface area contributed by atoms with E-state index in [0.717, 1.165) is 0 Å². The molecule has 0 aromatic carbocycles. The Kier molecular flexibility index (Phi) is 5.67. The lowest BCUT2D eigenvalue weighted by Gasteiger charge is -2.05. The first-order valence-corrected chi connectivity index (χ1v) is 5.23. The van der Waals surface area contributed by atoms with E-state index in [1.165, 1.54) is 6.20 Å². The van der Waals surface area contributed by atoms with E-state index in [0.29, 0.717) is 31.3 Å². The summed E-state index contributed by atoms with van der Waals surface area (Å²) in [6.45, 7) is 5.08. The van der Waals surface area contributed by atoms with Crippen LogP contribution in [0.1, 0.15) is 10.5 Å². The predicted molar refractivity (Wildman–Crippen MR) is 64.9 cm³/mol. The van der Waals surface area contributed by atoms with Gasteiger partial charge in [-0.05, 0) is 6.07 Å². The summed E-state index contributed by atoms with van der Waals surface area (Å²) in [5.74, 6) is 0.162. The Morgan fingerprint density at radius 1 is 1.65 bits per heavy atom. The van der Waals surface area contributed by atoms with Gasteiger partial charge in [0, 0.05) is 26.4 Å². The summed E-state index contributed by atoms with van der Waals surface area (Å²) in [6, 6.07) is 1.56. The van der Waals surface area contributed by atoms with Gasteiger partial charge in [-0.3, -0.25) is 4.79 Å². The van der Waals surface area contributed by atoms with Gasteiger partial charge in [0.05, 0.1) is 6.61 Å². The fourth-order valence-corrected chi connectivity index (χ4v) is 1.09. The quantitative estimate of drug-likeness (QED) is 0.531. The Morgan fingerprint density at radius 3 is 3.18 bits per heavy atom. The molecular weight excluding hydrogens is 220 g/mol. The van der Waals surface area contributed by atoms with Crippen molar-refractivity contribution < 1.29 is 9.53 Å². The SMILES string of the molecule is C=CCNC(=O)c1ccnc(NCCOC)n1. The molecule has 6 heteroatoms. The molecule has 0 saturated heterocycles. The van der Waals surface area contributed by atoms with Gasteiger partial charge in [0.1, 0.15) is 5.69 Å². The molecule has 0 fully saturated rings. The molecule has 0 aliphatic heterocycles. The largest absolute Gasteiger partial charge is 0.383 e. The highest BCUT2D eigenvalue weighted by atomic mass is 16.5. The summed E-state index contributed by atoms with van der Waals surface area (Å²) >= 11 is 0. The highest BCUT2D eigenvalue weighted by molar-refractivity contribution is 5.92. The summed E-state index contributed by atoms with van der Waals surface area (Å²) in [6.07, 6.45) is 3.14. The number of methoxy groups -OCH3 is 1. The first-order chi connectivity index (χ1) is 8.27. The molecule has 0 unspecified atom stereocenters. The number of nitrogens with one attached hydrogen (secondary N) is 2. The van der Waals surface area contributed by atoms with E-state index in [2.05, 4.69) is 27.2 Å². The van der Waals surface area contributed by atoms with Crippen molar-refractivity contribution in [2.24, 2.45) is 0 Å². The number of carbonyl (C=O) groups is 1. The molecule has 0 aliphatic carbocycles. The van der Waals surface area contributed by atoms with Gasteiger partial charge in [-0.25, -0.2) is 9.97 Å². The number of ether oxygens (including phenoxy) is 1. The third kappa shape index (κ3) is 4.60. The lowest BCUT2D eigenvalue weighted by atomic mass is 10.4. The molecule has 0 saturated carbocycles. The molecule has 6 nitrogen and oxygen atoms in total. The average Bonchev–Trinajstić information content (AvgIpc) is 2.36. The maximum Gasteiger partial charge on any atom is 0.270 e. The smallest absolute Gasteiger partial charge is 0.270 e. The molecule has 1 aromatic heterocycles. The van der Waals surface area contributed by atoms with Crippen molar-refractivity contribution in [3.05, 3.63) is 30.6 Å². The van der Waals surface area contributed by atoms with Crippen LogP contribution in [0.3, 0.4) is 0 Å². The van der Waals surface area contributed by atoms with Crippen LogP contribution in [0.5, 0.6) is 0 Å². The molecule has 0 atom stereocenters. The molecule has 0 spiro atoms. The second kappa shape index (κ2) is 7.34. The van der Waals surface area contributed by atoms with Gasteiger partial charge >= 0.3 is 0 Å². The summed E-state index contributed by atoms with van der Waals surface area (Å²) in [7, 11) is 1.61. The second-order valence-corrected chi connectivity index (χ2v) is 3.18. The molecule has 92 valence electrons. The Morgan fingerprint density at radius 2 is 2.47 bits per heavy atom. The third-order valence-corrected chi connectivity index (χ3v) is 1.88. The normalized spacial score (nSPS) is 9.71. The molecule has 17 heavy (non-hydrogen) atoms. The van der Waals surface area contributed by atoms with Crippen molar-refractivity contribution in [2.45, 2.75) is 0 Å². The Balaban J connectivity index is 2.58. The van der Waals surface area contributed by atoms with E-state index < -0.39 is 0 Å². The van der Waals surface area contributed by atoms with Crippen LogP contribution in [-0.4, -0.2) is 42.7 Å². The molecule has 2 N–H and O–H groups in total. The minimum atomic E-state index is -0.248. The number of aromatic nitrogens is 2. The Bertz CT molecular complexity index is 381. The summed E-state index contributed by atoms with van der Waals surface area (Å²) in [4.78, 5) is 19.7. The monoisotopic (exact) mass is 236 g/mol. The number of hydrogen-bond acceptors (Lipinski definition) is 5. The Hall–Kier alpha value is -1.95. The van der Waals surface area contributed by atoms with Gasteiger partial charge in [0.15, 0.2) is 0 Å². The molecule has 0 bridgehead atoms. The topological polar surface area (TPSA) is 76.1 Å². The van der Waals surface area contributed by atoms with Crippen LogP contribution in [0.4, 0.5) is 5.95 Å². The molecular formula is C11H16N4O2. The number of nitrogens with zero attached hydrogens (tertiary/aromatic N) is 2. The van der Waals surface area contributed by atoms with Gasteiger partial charge in [-0.2, -0.15) is 0 Å². The van der Waals surface area contributed by atoms with Crippen LogP contribution in [0.15, 0.2) is 24.9 Å². The summed E-state index contributed by atoms with van der Waals surface area (Å²) in [5, 5.41) is 5.59. The van der Waals surface area contributed by atoms with Crippen molar-refractivity contribution in [1.82, 2.24) is 15.3 Å². The molecule has 1 amide bonds. The Labute approximate surface area is 100 Å². The molecule has 1 heterocycles. The van der Waals surface area contributed by atoms with Crippen LogP contribution in [-0.2, 0) is 4.74 Å². The highest BCUT2D eigenvalue weighted by Crippen LogP contribution is 1.99. The number of rotatable bonds is 7. The minimum absolute atomic E-state index is 0.248. The molecule has 0 radical (unpaired) electrons. The first-order valence-electron chi connectivity index (χ1n) is 5.23. The maximum atomic E-state index is 11.6. The van der Waals surface area contributed by atoms with Crippen LogP contribution >= 0.6 is 0 Å². The molecule has 0 aliphatic rings. The van der Waals surface area contributed by atoms with E-state index in [1.807, 2.05) is 0 Å². The van der Waals surface area contributed by atoms with Gasteiger partial charge in [-0.15, -0.1) is 6.58 Å². The van der Waals surface area contributed by atoms with Crippen LogP contribution < -0.4 is 10.6 Å². The first kappa shape index (κ1) is 13.1. The van der Waals surface area contributed by atoms with Crippen molar-refractivity contribution in [3.63, 3.8) is 0 Å². The number of carbonyl (C=O) groups excluding carboxylic acids is 1. The van der Waals surface area contributed by atoms with Crippen molar-refractivity contribution >= 4 is 11.9 Å². The van der Waals surface area contributed by atoms with Crippen molar-refractivity contribution in [1.29, 1.82) is 0 Å². The predicted octanol–water partition coefficient (Wildman–Crippen LogP) is 0.451. The zero-order valence-corrected chi connectivity index (χ0v) is 9.77. The highest BCUT2D eigenvalue weighted by Gasteiger charge is 2.06. The van der Waals surface area contributed by atoms with Gasteiger partial charge in [-0.1, -0.05) is 6.08 Å². The fraction of sp³-hybridized carbons (Fsp3) is 0.364. The van der Waals surface area contributed by atoms with E-state index in [9.17, 15) is 4.79 Å². The van der Waals surface area contributed by atoms with E-state index in [-0.39, 0.29) is 5.91 Å². The summed E-state index contributed by atoms with van der Waals surface area (Å²) < 4.78 is 4.89. The zero-order chi connectivity index (χ0) is 12.5. The van der Waals surface area contributed by atoms with E-state index >= 15 is 0 Å².